The summed E-state index contributed by atoms with van der Waals surface area (Å²) in [7, 11) is 0. The standard InChI is InChI=1S/C23H33NO5/c1-4-27-19-9-5-8-15-21-16(23(2,3)29-22(15)19)14-17-18(28-21)10-6-12-24(17)13-7-11-20(25)26/h5,8-9,16-18,21H,4,6-7,10-14H2,1-3H3,(H,25,26)/t16-,17-,18-,21+/m1/s1. The molecule has 4 rings (SSSR count). The van der Waals surface area contributed by atoms with Gasteiger partial charge in [-0.1, -0.05) is 12.1 Å². The normalized spacial score (nSPS) is 30.4. The number of carboxylic acid groups (broad SMARTS) is 1. The lowest BCUT2D eigenvalue weighted by atomic mass is 9.72. The Balaban J connectivity index is 1.58. The van der Waals surface area contributed by atoms with Gasteiger partial charge in [-0.3, -0.25) is 9.69 Å². The van der Waals surface area contributed by atoms with Gasteiger partial charge in [-0.2, -0.15) is 0 Å². The number of carboxylic acids is 1. The summed E-state index contributed by atoms with van der Waals surface area (Å²) in [5.74, 6) is 1.14. The number of para-hydroxylation sites is 1. The maximum Gasteiger partial charge on any atom is 0.303 e. The van der Waals surface area contributed by atoms with E-state index in [2.05, 4.69) is 24.8 Å². The quantitative estimate of drug-likeness (QED) is 0.773. The summed E-state index contributed by atoms with van der Waals surface area (Å²) in [6.45, 7) is 8.73. The van der Waals surface area contributed by atoms with Crippen molar-refractivity contribution in [2.45, 2.75) is 76.7 Å². The molecule has 6 nitrogen and oxygen atoms in total. The summed E-state index contributed by atoms with van der Waals surface area (Å²) in [5, 5.41) is 8.98. The second kappa shape index (κ2) is 8.15. The van der Waals surface area contributed by atoms with Crippen molar-refractivity contribution in [3.8, 4) is 11.5 Å². The highest BCUT2D eigenvalue weighted by Crippen LogP contribution is 2.54. The van der Waals surface area contributed by atoms with Crippen molar-refractivity contribution in [1.29, 1.82) is 0 Å². The third kappa shape index (κ3) is 3.97. The Morgan fingerprint density at radius 1 is 1.38 bits per heavy atom. The van der Waals surface area contributed by atoms with Gasteiger partial charge in [0.05, 0.1) is 18.8 Å². The number of benzene rings is 1. The molecule has 6 heteroatoms. The zero-order valence-electron chi connectivity index (χ0n) is 17.7. The Hall–Kier alpha value is -1.79. The molecule has 0 aromatic heterocycles. The van der Waals surface area contributed by atoms with Crippen LogP contribution in [-0.4, -0.2) is 53.4 Å². The van der Waals surface area contributed by atoms with Crippen molar-refractivity contribution in [3.05, 3.63) is 23.8 Å². The summed E-state index contributed by atoms with van der Waals surface area (Å²) in [6.07, 6.45) is 4.27. The van der Waals surface area contributed by atoms with Crippen LogP contribution in [-0.2, 0) is 9.53 Å². The monoisotopic (exact) mass is 403 g/mol. The molecule has 4 atom stereocenters. The molecule has 0 spiro atoms. The summed E-state index contributed by atoms with van der Waals surface area (Å²) < 4.78 is 19.1. The van der Waals surface area contributed by atoms with Gasteiger partial charge in [-0.25, -0.2) is 0 Å². The van der Waals surface area contributed by atoms with Gasteiger partial charge < -0.3 is 19.3 Å². The lowest BCUT2D eigenvalue weighted by Crippen LogP contribution is -2.59. The Kier molecular flexibility index (Phi) is 5.76. The van der Waals surface area contributed by atoms with E-state index >= 15 is 0 Å². The second-order valence-electron chi connectivity index (χ2n) is 8.99. The first-order valence-electron chi connectivity index (χ1n) is 11.0. The minimum absolute atomic E-state index is 0.00868. The fraction of sp³-hybridized carbons (Fsp3) is 0.696. The van der Waals surface area contributed by atoms with Crippen LogP contribution in [0.3, 0.4) is 0 Å². The molecule has 0 bridgehead atoms. The minimum Gasteiger partial charge on any atom is -0.490 e. The van der Waals surface area contributed by atoms with Crippen molar-refractivity contribution in [1.82, 2.24) is 4.90 Å². The number of rotatable bonds is 6. The van der Waals surface area contributed by atoms with Crippen LogP contribution in [0.15, 0.2) is 18.2 Å². The van der Waals surface area contributed by atoms with Gasteiger partial charge in [0.2, 0.25) is 0 Å². The number of hydrogen-bond acceptors (Lipinski definition) is 5. The topological polar surface area (TPSA) is 68.2 Å². The van der Waals surface area contributed by atoms with Crippen molar-refractivity contribution in [2.24, 2.45) is 5.92 Å². The van der Waals surface area contributed by atoms with E-state index in [1.807, 2.05) is 19.1 Å². The average molecular weight is 404 g/mol. The van der Waals surface area contributed by atoms with E-state index in [-0.39, 0.29) is 30.1 Å². The number of nitrogens with zero attached hydrogens (tertiary/aromatic N) is 1. The van der Waals surface area contributed by atoms with Gasteiger partial charge in [-0.15, -0.1) is 0 Å². The van der Waals surface area contributed by atoms with E-state index in [0.29, 0.717) is 19.1 Å². The van der Waals surface area contributed by atoms with E-state index in [4.69, 9.17) is 19.3 Å². The van der Waals surface area contributed by atoms with Gasteiger partial charge in [0, 0.05) is 23.9 Å². The highest BCUT2D eigenvalue weighted by atomic mass is 16.5. The summed E-state index contributed by atoms with van der Waals surface area (Å²) in [4.78, 5) is 13.4. The number of piperidine rings is 1. The van der Waals surface area contributed by atoms with E-state index in [9.17, 15) is 4.79 Å². The van der Waals surface area contributed by atoms with Crippen LogP contribution < -0.4 is 9.47 Å². The Morgan fingerprint density at radius 3 is 2.97 bits per heavy atom. The lowest BCUT2D eigenvalue weighted by Gasteiger charge is -2.54. The molecule has 160 valence electrons. The number of hydrogen-bond donors (Lipinski definition) is 1. The van der Waals surface area contributed by atoms with Gasteiger partial charge in [-0.05, 0) is 65.6 Å². The third-order valence-electron chi connectivity index (χ3n) is 6.72. The fourth-order valence-electron chi connectivity index (χ4n) is 5.34. The van der Waals surface area contributed by atoms with E-state index in [1.165, 1.54) is 0 Å². The molecule has 0 unspecified atom stereocenters. The molecule has 3 aliphatic heterocycles. The molecule has 1 aromatic rings. The molecule has 3 heterocycles. The number of likely N-dealkylation sites (tertiary alicyclic amines) is 1. The van der Waals surface area contributed by atoms with Crippen molar-refractivity contribution >= 4 is 5.97 Å². The first-order valence-corrected chi connectivity index (χ1v) is 11.0. The van der Waals surface area contributed by atoms with Crippen molar-refractivity contribution < 1.29 is 24.1 Å². The molecule has 2 saturated heterocycles. The van der Waals surface area contributed by atoms with Gasteiger partial charge in [0.15, 0.2) is 11.5 Å². The van der Waals surface area contributed by atoms with Crippen LogP contribution in [0.4, 0.5) is 0 Å². The van der Waals surface area contributed by atoms with Crippen LogP contribution >= 0.6 is 0 Å². The van der Waals surface area contributed by atoms with Crippen LogP contribution in [0, 0.1) is 5.92 Å². The highest BCUT2D eigenvalue weighted by molar-refractivity contribution is 5.66. The molecule has 1 N–H and O–H groups in total. The molecule has 0 radical (unpaired) electrons. The largest absolute Gasteiger partial charge is 0.490 e. The van der Waals surface area contributed by atoms with Crippen LogP contribution in [0.1, 0.15) is 64.5 Å². The molecule has 1 aromatic carbocycles. The SMILES string of the molecule is CCOc1cccc2c1OC(C)(C)[C@@H]1C[C@@H]3[C@@H](CCCN3CCCC(=O)O)O[C@@H]21. The number of aliphatic carboxylic acids is 1. The summed E-state index contributed by atoms with van der Waals surface area (Å²) in [6, 6.07) is 6.43. The molecule has 29 heavy (non-hydrogen) atoms. The average Bonchev–Trinajstić information content (AvgIpc) is 2.67. The second-order valence-corrected chi connectivity index (χ2v) is 8.99. The molecule has 0 amide bonds. The molecular formula is C23H33NO5. The van der Waals surface area contributed by atoms with E-state index < -0.39 is 5.97 Å². The maximum atomic E-state index is 10.9. The number of carbonyl (C=O) groups is 1. The lowest BCUT2D eigenvalue weighted by molar-refractivity contribution is -0.189. The first kappa shape index (κ1) is 20.5. The van der Waals surface area contributed by atoms with Crippen molar-refractivity contribution in [3.63, 3.8) is 0 Å². The minimum atomic E-state index is -0.720. The van der Waals surface area contributed by atoms with E-state index in [1.54, 1.807) is 0 Å². The molecule has 0 saturated carbocycles. The molecule has 3 aliphatic rings. The highest BCUT2D eigenvalue weighted by Gasteiger charge is 2.52. The fourth-order valence-corrected chi connectivity index (χ4v) is 5.34. The predicted octanol–water partition coefficient (Wildman–Crippen LogP) is 4.03. The Labute approximate surface area is 173 Å². The Morgan fingerprint density at radius 2 is 2.21 bits per heavy atom. The number of fused-ring (bicyclic) bond motifs is 4. The van der Waals surface area contributed by atoms with Crippen LogP contribution in [0.5, 0.6) is 11.5 Å². The zero-order valence-corrected chi connectivity index (χ0v) is 17.7. The summed E-state index contributed by atoms with van der Waals surface area (Å²) in [5.41, 5.74) is 0.738. The maximum absolute atomic E-state index is 10.9. The molecular weight excluding hydrogens is 370 g/mol. The summed E-state index contributed by atoms with van der Waals surface area (Å²) >= 11 is 0. The molecule has 2 fully saturated rings. The third-order valence-corrected chi connectivity index (χ3v) is 6.72. The molecule has 0 aliphatic carbocycles. The number of ether oxygens (including phenoxy) is 3. The first-order chi connectivity index (χ1) is 13.9. The smallest absolute Gasteiger partial charge is 0.303 e. The zero-order chi connectivity index (χ0) is 20.6. The Bertz CT molecular complexity index is 749. The van der Waals surface area contributed by atoms with Crippen LogP contribution in [0.2, 0.25) is 0 Å². The predicted molar refractivity (Wildman–Crippen MR) is 110 cm³/mol. The van der Waals surface area contributed by atoms with Gasteiger partial charge in [0.25, 0.3) is 0 Å². The van der Waals surface area contributed by atoms with Gasteiger partial charge >= 0.3 is 5.97 Å². The van der Waals surface area contributed by atoms with Crippen LogP contribution in [0.25, 0.3) is 0 Å². The van der Waals surface area contributed by atoms with E-state index in [0.717, 1.165) is 49.4 Å². The van der Waals surface area contributed by atoms with Gasteiger partial charge in [0.1, 0.15) is 5.60 Å². The van der Waals surface area contributed by atoms with Crippen molar-refractivity contribution in [2.75, 3.05) is 19.7 Å².